The Morgan fingerprint density at radius 1 is 0.964 bits per heavy atom. The lowest BCUT2D eigenvalue weighted by molar-refractivity contribution is -0.137. The second-order valence-electron chi connectivity index (χ2n) is 7.45. The van der Waals surface area contributed by atoms with Gasteiger partial charge in [-0.05, 0) is 19.3 Å². The van der Waals surface area contributed by atoms with Crippen LogP contribution in [0, 0.1) is 0 Å². The van der Waals surface area contributed by atoms with Crippen LogP contribution in [0.5, 0.6) is 0 Å². The minimum absolute atomic E-state index is 0.0552. The van der Waals surface area contributed by atoms with Gasteiger partial charge in [0.25, 0.3) is 0 Å². The lowest BCUT2D eigenvalue weighted by atomic mass is 10.1. The Labute approximate surface area is 175 Å². The molecule has 0 heterocycles. The summed E-state index contributed by atoms with van der Waals surface area (Å²) in [4.78, 5) is 21.6. The van der Waals surface area contributed by atoms with Crippen molar-refractivity contribution >= 4 is 23.6 Å². The van der Waals surface area contributed by atoms with E-state index < -0.39 is 12.1 Å². The Hall–Kier alpha value is -1.01. The number of carbonyl (C=O) groups excluding carboxylic acids is 1. The zero-order valence-electron chi connectivity index (χ0n) is 17.6. The van der Waals surface area contributed by atoms with Crippen molar-refractivity contribution in [1.82, 2.24) is 0 Å². The average molecular weight is 416 g/mol. The van der Waals surface area contributed by atoms with E-state index in [2.05, 4.69) is 13.0 Å². The van der Waals surface area contributed by atoms with Gasteiger partial charge in [0.05, 0.1) is 6.10 Å². The number of amides is 1. The van der Waals surface area contributed by atoms with Gasteiger partial charge in [-0.1, -0.05) is 76.9 Å². The number of thioether (sulfide) groups is 1. The van der Waals surface area contributed by atoms with Crippen molar-refractivity contribution in [3.8, 4) is 0 Å². The molecule has 0 aromatic heterocycles. The van der Waals surface area contributed by atoms with Crippen LogP contribution in [0.25, 0.3) is 0 Å². The summed E-state index contributed by atoms with van der Waals surface area (Å²) >= 11 is 1.46. The van der Waals surface area contributed by atoms with Gasteiger partial charge < -0.3 is 15.9 Å². The fourth-order valence-electron chi connectivity index (χ4n) is 3.01. The molecule has 0 aromatic carbocycles. The summed E-state index contributed by atoms with van der Waals surface area (Å²) in [6.07, 6.45) is 17.8. The molecule has 4 N–H and O–H groups in total. The van der Waals surface area contributed by atoms with Crippen LogP contribution in [0.2, 0.25) is 0 Å². The Kier molecular flexibility index (Phi) is 18.6. The van der Waals surface area contributed by atoms with Crippen molar-refractivity contribution in [1.29, 1.82) is 0 Å². The number of unbranched alkanes of at least 4 members (excludes halogenated alkanes) is 10. The third-order valence-electron chi connectivity index (χ3n) is 4.74. The molecule has 1 amide bonds. The minimum atomic E-state index is -0.908. The van der Waals surface area contributed by atoms with Crippen LogP contribution in [0.4, 0.5) is 0 Å². The number of primary amides is 1. The molecule has 6 heteroatoms. The Morgan fingerprint density at radius 3 is 2.07 bits per heavy atom. The molecule has 5 nitrogen and oxygen atoms in total. The number of hydrogen-bond donors (Lipinski definition) is 3. The van der Waals surface area contributed by atoms with E-state index in [-0.39, 0.29) is 30.4 Å². The van der Waals surface area contributed by atoms with Gasteiger partial charge in [0, 0.05) is 23.8 Å². The van der Waals surface area contributed by atoms with Crippen molar-refractivity contribution in [2.45, 2.75) is 108 Å². The fourth-order valence-corrected chi connectivity index (χ4v) is 4.18. The Morgan fingerprint density at radius 2 is 1.54 bits per heavy atom. The normalized spacial score (nSPS) is 13.6. The number of carboxylic acid groups (broad SMARTS) is 1. The van der Waals surface area contributed by atoms with Crippen LogP contribution in [0.3, 0.4) is 0 Å². The number of aliphatic hydroxyl groups is 1. The quantitative estimate of drug-likeness (QED) is 0.191. The molecule has 0 rings (SSSR count). The summed E-state index contributed by atoms with van der Waals surface area (Å²) in [6.45, 7) is 2.24. The molecule has 0 aliphatic rings. The summed E-state index contributed by atoms with van der Waals surface area (Å²) in [7, 11) is 0. The van der Waals surface area contributed by atoms with Crippen molar-refractivity contribution in [2.75, 3.05) is 5.75 Å². The molecule has 28 heavy (non-hydrogen) atoms. The molecular formula is C22H41NO4S. The van der Waals surface area contributed by atoms with E-state index >= 15 is 0 Å². The van der Waals surface area contributed by atoms with Crippen molar-refractivity contribution < 1.29 is 19.8 Å². The number of aliphatic hydroxyl groups excluding tert-OH is 1. The maximum atomic E-state index is 10.9. The van der Waals surface area contributed by atoms with E-state index in [1.807, 2.05) is 6.08 Å². The van der Waals surface area contributed by atoms with Crippen LogP contribution in [0.15, 0.2) is 12.2 Å². The van der Waals surface area contributed by atoms with E-state index in [9.17, 15) is 14.7 Å². The van der Waals surface area contributed by atoms with Gasteiger partial charge in [-0.3, -0.25) is 9.59 Å². The highest BCUT2D eigenvalue weighted by atomic mass is 32.2. The number of carbonyl (C=O) groups is 2. The highest BCUT2D eigenvalue weighted by Gasteiger charge is 2.18. The second-order valence-corrected chi connectivity index (χ2v) is 8.74. The van der Waals surface area contributed by atoms with Crippen LogP contribution in [-0.4, -0.2) is 39.2 Å². The van der Waals surface area contributed by atoms with Crippen LogP contribution < -0.4 is 5.73 Å². The minimum Gasteiger partial charge on any atom is -0.481 e. The highest BCUT2D eigenvalue weighted by molar-refractivity contribution is 8.00. The van der Waals surface area contributed by atoms with Crippen LogP contribution >= 0.6 is 11.8 Å². The van der Waals surface area contributed by atoms with Crippen LogP contribution in [0.1, 0.15) is 96.8 Å². The van der Waals surface area contributed by atoms with Crippen molar-refractivity contribution in [3.05, 3.63) is 12.2 Å². The number of rotatable bonds is 20. The number of nitrogens with two attached hydrogens (primary N) is 1. The first-order valence-corrected chi connectivity index (χ1v) is 12.0. The SMILES string of the molecule is CCCCCCCCCCCC/C=C\C(SCCC(N)=O)C(O)CCC(=O)O. The van der Waals surface area contributed by atoms with Gasteiger partial charge in [0.15, 0.2) is 0 Å². The monoisotopic (exact) mass is 415 g/mol. The molecule has 0 spiro atoms. The van der Waals surface area contributed by atoms with Gasteiger partial charge in [-0.2, -0.15) is 11.8 Å². The summed E-state index contributed by atoms with van der Waals surface area (Å²) in [5.74, 6) is -0.734. The zero-order chi connectivity index (χ0) is 21.0. The standard InChI is InChI=1S/C22H41NO4S/c1-2-3-4-5-6-7-8-9-10-11-12-13-14-20(28-18-17-21(23)25)19(24)15-16-22(26)27/h13-14,19-20,24H,2-12,15-18H2,1H3,(H2,23,25)(H,26,27)/b14-13-. The van der Waals surface area contributed by atoms with Gasteiger partial charge in [0.1, 0.15) is 0 Å². The number of hydrogen-bond acceptors (Lipinski definition) is 4. The predicted octanol–water partition coefficient (Wildman–Crippen LogP) is 5.06. The molecule has 0 saturated heterocycles. The summed E-state index contributed by atoms with van der Waals surface area (Å²) in [5.41, 5.74) is 5.16. The third kappa shape index (κ3) is 18.4. The zero-order valence-corrected chi connectivity index (χ0v) is 18.4. The number of allylic oxidation sites excluding steroid dienone is 1. The Bertz CT molecular complexity index is 429. The lowest BCUT2D eigenvalue weighted by Crippen LogP contribution is -2.23. The summed E-state index contributed by atoms with van der Waals surface area (Å²) in [5, 5.41) is 18.8. The van der Waals surface area contributed by atoms with E-state index in [0.717, 1.165) is 12.8 Å². The number of aliphatic carboxylic acids is 1. The first kappa shape index (κ1) is 27.0. The maximum Gasteiger partial charge on any atom is 0.303 e. The second kappa shape index (κ2) is 19.3. The topological polar surface area (TPSA) is 101 Å². The van der Waals surface area contributed by atoms with Crippen molar-refractivity contribution in [2.24, 2.45) is 5.73 Å². The predicted molar refractivity (Wildman–Crippen MR) is 119 cm³/mol. The molecule has 0 fully saturated rings. The summed E-state index contributed by atoms with van der Waals surface area (Å²) < 4.78 is 0. The number of carboxylic acids is 1. The molecule has 2 atom stereocenters. The third-order valence-corrected chi connectivity index (χ3v) is 6.04. The van der Waals surface area contributed by atoms with E-state index in [0.29, 0.717) is 5.75 Å². The summed E-state index contributed by atoms with van der Waals surface area (Å²) in [6, 6.07) is 0. The van der Waals surface area contributed by atoms with Gasteiger partial charge >= 0.3 is 5.97 Å². The smallest absolute Gasteiger partial charge is 0.303 e. The molecule has 164 valence electrons. The van der Waals surface area contributed by atoms with Gasteiger partial charge in [-0.15, -0.1) is 0 Å². The highest BCUT2D eigenvalue weighted by Crippen LogP contribution is 2.21. The molecule has 2 unspecified atom stereocenters. The first-order chi connectivity index (χ1) is 13.5. The fraction of sp³-hybridized carbons (Fsp3) is 0.818. The van der Waals surface area contributed by atoms with Crippen molar-refractivity contribution in [3.63, 3.8) is 0 Å². The largest absolute Gasteiger partial charge is 0.481 e. The molecule has 0 aliphatic carbocycles. The lowest BCUT2D eigenvalue weighted by Gasteiger charge is -2.18. The molecule has 0 aromatic rings. The maximum absolute atomic E-state index is 10.9. The van der Waals surface area contributed by atoms with Gasteiger partial charge in [0.2, 0.25) is 5.91 Å². The van der Waals surface area contributed by atoms with Crippen LogP contribution in [-0.2, 0) is 9.59 Å². The average Bonchev–Trinajstić information content (AvgIpc) is 2.65. The molecule has 0 bridgehead atoms. The molecule has 0 radical (unpaired) electrons. The first-order valence-electron chi connectivity index (χ1n) is 10.9. The molecule has 0 aliphatic heterocycles. The van der Waals surface area contributed by atoms with E-state index in [1.54, 1.807) is 0 Å². The van der Waals surface area contributed by atoms with Gasteiger partial charge in [-0.25, -0.2) is 0 Å². The molecule has 0 saturated carbocycles. The molecular weight excluding hydrogens is 374 g/mol. The van der Waals surface area contributed by atoms with E-state index in [1.165, 1.54) is 69.5 Å². The van der Waals surface area contributed by atoms with E-state index in [4.69, 9.17) is 10.8 Å². The Balaban J connectivity index is 3.96.